The standard InChI is InChI=1S/C15H15Br/c1-2-3-12-4-6-13(7-5-12)14-8-10-15(16)11-9-14/h4-11H,2-3H2,1H3. The molecule has 0 saturated heterocycles. The Morgan fingerprint density at radius 1 is 0.812 bits per heavy atom. The van der Waals surface area contributed by atoms with Gasteiger partial charge in [0, 0.05) is 4.47 Å². The lowest BCUT2D eigenvalue weighted by atomic mass is 10.0. The smallest absolute Gasteiger partial charge is 0.0175 e. The highest BCUT2D eigenvalue weighted by molar-refractivity contribution is 9.10. The maximum absolute atomic E-state index is 3.45. The van der Waals surface area contributed by atoms with Crippen LogP contribution in [0.1, 0.15) is 18.9 Å². The van der Waals surface area contributed by atoms with E-state index in [1.54, 1.807) is 0 Å². The molecule has 0 nitrogen and oxygen atoms in total. The molecule has 0 aliphatic rings. The highest BCUT2D eigenvalue weighted by Crippen LogP contribution is 2.22. The zero-order valence-corrected chi connectivity index (χ0v) is 11.0. The van der Waals surface area contributed by atoms with Crippen molar-refractivity contribution in [2.24, 2.45) is 0 Å². The van der Waals surface area contributed by atoms with E-state index in [2.05, 4.69) is 71.4 Å². The Bertz CT molecular complexity index is 440. The van der Waals surface area contributed by atoms with Gasteiger partial charge in [0.1, 0.15) is 0 Å². The van der Waals surface area contributed by atoms with E-state index in [-0.39, 0.29) is 0 Å². The van der Waals surface area contributed by atoms with Gasteiger partial charge in [-0.15, -0.1) is 0 Å². The van der Waals surface area contributed by atoms with Crippen LogP contribution in [0.2, 0.25) is 0 Å². The molecule has 0 amide bonds. The van der Waals surface area contributed by atoms with Crippen molar-refractivity contribution in [1.29, 1.82) is 0 Å². The molecule has 0 heterocycles. The van der Waals surface area contributed by atoms with Gasteiger partial charge in [0.05, 0.1) is 0 Å². The molecule has 0 atom stereocenters. The third-order valence-electron chi connectivity index (χ3n) is 2.67. The maximum atomic E-state index is 3.45. The van der Waals surface area contributed by atoms with E-state index in [0.717, 1.165) is 4.47 Å². The van der Waals surface area contributed by atoms with Crippen molar-refractivity contribution >= 4 is 15.9 Å². The summed E-state index contributed by atoms with van der Waals surface area (Å²) < 4.78 is 1.12. The van der Waals surface area contributed by atoms with E-state index in [9.17, 15) is 0 Å². The van der Waals surface area contributed by atoms with E-state index < -0.39 is 0 Å². The van der Waals surface area contributed by atoms with Crippen molar-refractivity contribution in [1.82, 2.24) is 0 Å². The van der Waals surface area contributed by atoms with Crippen LogP contribution < -0.4 is 0 Å². The van der Waals surface area contributed by atoms with Gasteiger partial charge in [-0.05, 0) is 35.2 Å². The molecule has 2 aromatic carbocycles. The minimum atomic E-state index is 1.12. The molecule has 0 fully saturated rings. The minimum absolute atomic E-state index is 1.12. The third-order valence-corrected chi connectivity index (χ3v) is 3.20. The van der Waals surface area contributed by atoms with Gasteiger partial charge in [-0.25, -0.2) is 0 Å². The fourth-order valence-electron chi connectivity index (χ4n) is 1.79. The van der Waals surface area contributed by atoms with Crippen LogP contribution in [0.4, 0.5) is 0 Å². The van der Waals surface area contributed by atoms with Gasteiger partial charge in [-0.3, -0.25) is 0 Å². The normalized spacial score (nSPS) is 10.4. The summed E-state index contributed by atoms with van der Waals surface area (Å²) in [6.07, 6.45) is 2.37. The monoisotopic (exact) mass is 274 g/mol. The van der Waals surface area contributed by atoms with Crippen molar-refractivity contribution in [3.05, 3.63) is 58.6 Å². The van der Waals surface area contributed by atoms with Crippen LogP contribution in [0.5, 0.6) is 0 Å². The summed E-state index contributed by atoms with van der Waals surface area (Å²) in [6.45, 7) is 2.21. The van der Waals surface area contributed by atoms with Crippen molar-refractivity contribution in [3.8, 4) is 11.1 Å². The molecule has 0 spiro atoms. The Balaban J connectivity index is 2.24. The van der Waals surface area contributed by atoms with Crippen LogP contribution in [-0.4, -0.2) is 0 Å². The topological polar surface area (TPSA) is 0 Å². The molecule has 1 heteroatoms. The van der Waals surface area contributed by atoms with E-state index in [4.69, 9.17) is 0 Å². The Morgan fingerprint density at radius 2 is 1.31 bits per heavy atom. The van der Waals surface area contributed by atoms with E-state index in [0.29, 0.717) is 0 Å². The van der Waals surface area contributed by atoms with Crippen LogP contribution in [0.3, 0.4) is 0 Å². The molecule has 2 aromatic rings. The van der Waals surface area contributed by atoms with Gasteiger partial charge >= 0.3 is 0 Å². The van der Waals surface area contributed by atoms with Crippen LogP contribution in [0, 0.1) is 0 Å². The molecule has 0 aliphatic carbocycles. The molecule has 0 radical (unpaired) electrons. The Hall–Kier alpha value is -1.08. The number of benzene rings is 2. The zero-order valence-electron chi connectivity index (χ0n) is 9.41. The summed E-state index contributed by atoms with van der Waals surface area (Å²) in [4.78, 5) is 0. The fraction of sp³-hybridized carbons (Fsp3) is 0.200. The number of aryl methyl sites for hydroxylation is 1. The molecule has 0 aromatic heterocycles. The van der Waals surface area contributed by atoms with Gasteiger partial charge in [0.25, 0.3) is 0 Å². The predicted molar refractivity (Wildman–Crippen MR) is 73.6 cm³/mol. The highest BCUT2D eigenvalue weighted by atomic mass is 79.9. The van der Waals surface area contributed by atoms with Crippen molar-refractivity contribution in [3.63, 3.8) is 0 Å². The molecule has 2 rings (SSSR count). The molecule has 0 aliphatic heterocycles. The summed E-state index contributed by atoms with van der Waals surface area (Å²) in [5, 5.41) is 0. The van der Waals surface area contributed by atoms with Gasteiger partial charge in [0.2, 0.25) is 0 Å². The first-order valence-electron chi connectivity index (χ1n) is 5.64. The number of hydrogen-bond acceptors (Lipinski definition) is 0. The summed E-state index contributed by atoms with van der Waals surface area (Å²) in [5.41, 5.74) is 3.97. The minimum Gasteiger partial charge on any atom is -0.0651 e. The maximum Gasteiger partial charge on any atom is 0.0175 e. The Kier molecular flexibility index (Phi) is 3.79. The summed E-state index contributed by atoms with van der Waals surface area (Å²) in [5.74, 6) is 0. The average Bonchev–Trinajstić information content (AvgIpc) is 2.32. The molecule has 0 bridgehead atoms. The van der Waals surface area contributed by atoms with Crippen LogP contribution in [0.25, 0.3) is 11.1 Å². The number of rotatable bonds is 3. The largest absolute Gasteiger partial charge is 0.0651 e. The molecular weight excluding hydrogens is 260 g/mol. The SMILES string of the molecule is CCCc1ccc(-c2ccc(Br)cc2)cc1. The zero-order chi connectivity index (χ0) is 11.4. The van der Waals surface area contributed by atoms with Crippen molar-refractivity contribution in [2.45, 2.75) is 19.8 Å². The van der Waals surface area contributed by atoms with Gasteiger partial charge < -0.3 is 0 Å². The second-order valence-corrected chi connectivity index (χ2v) is 4.87. The quantitative estimate of drug-likeness (QED) is 0.733. The highest BCUT2D eigenvalue weighted by Gasteiger charge is 1.97. The van der Waals surface area contributed by atoms with E-state index in [1.807, 2.05) is 0 Å². The lowest BCUT2D eigenvalue weighted by Crippen LogP contribution is -1.83. The van der Waals surface area contributed by atoms with E-state index >= 15 is 0 Å². The first kappa shape index (κ1) is 11.4. The second kappa shape index (κ2) is 5.31. The van der Waals surface area contributed by atoms with E-state index in [1.165, 1.54) is 29.5 Å². The van der Waals surface area contributed by atoms with Crippen LogP contribution in [-0.2, 0) is 6.42 Å². The second-order valence-electron chi connectivity index (χ2n) is 3.95. The summed E-state index contributed by atoms with van der Waals surface area (Å²) in [6, 6.07) is 17.3. The lowest BCUT2D eigenvalue weighted by molar-refractivity contribution is 0.922. The fourth-order valence-corrected chi connectivity index (χ4v) is 2.06. The lowest BCUT2D eigenvalue weighted by Gasteiger charge is -2.03. The van der Waals surface area contributed by atoms with Crippen molar-refractivity contribution < 1.29 is 0 Å². The van der Waals surface area contributed by atoms with Gasteiger partial charge in [-0.1, -0.05) is 65.7 Å². The molecule has 16 heavy (non-hydrogen) atoms. The molecule has 0 unspecified atom stereocenters. The van der Waals surface area contributed by atoms with Crippen LogP contribution in [0.15, 0.2) is 53.0 Å². The summed E-state index contributed by atoms with van der Waals surface area (Å²) in [7, 11) is 0. The summed E-state index contributed by atoms with van der Waals surface area (Å²) >= 11 is 3.45. The van der Waals surface area contributed by atoms with Crippen molar-refractivity contribution in [2.75, 3.05) is 0 Å². The van der Waals surface area contributed by atoms with Gasteiger partial charge in [0.15, 0.2) is 0 Å². The van der Waals surface area contributed by atoms with Gasteiger partial charge in [-0.2, -0.15) is 0 Å². The predicted octanol–water partition coefficient (Wildman–Crippen LogP) is 5.07. The van der Waals surface area contributed by atoms with Crippen LogP contribution >= 0.6 is 15.9 Å². The number of halogens is 1. The molecule has 0 N–H and O–H groups in total. The average molecular weight is 275 g/mol. The Labute approximate surface area is 105 Å². The third kappa shape index (κ3) is 2.73. The Morgan fingerprint density at radius 3 is 1.81 bits per heavy atom. The molecule has 82 valence electrons. The molecular formula is C15H15Br. The first-order valence-corrected chi connectivity index (χ1v) is 6.44. The molecule has 0 saturated carbocycles. The first-order chi connectivity index (χ1) is 7.79. The number of hydrogen-bond donors (Lipinski definition) is 0.